The monoisotopic (exact) mass is 422 g/mol. The summed E-state index contributed by atoms with van der Waals surface area (Å²) in [4.78, 5) is 21.6. The molecule has 0 aromatic carbocycles. The molecule has 0 bridgehead atoms. The van der Waals surface area contributed by atoms with E-state index in [-0.39, 0.29) is 72.3 Å². The van der Waals surface area contributed by atoms with E-state index in [4.69, 9.17) is 10.2 Å². The molecular formula is C18H36N2Na2O6. The number of nitrogens with one attached hydrogen (secondary N) is 2. The van der Waals surface area contributed by atoms with Crippen molar-refractivity contribution in [2.24, 2.45) is 0 Å². The minimum Gasteiger partial charge on any atom is -0.548 e. The second-order valence-electron chi connectivity index (χ2n) is 8.28. The molecule has 0 heterocycles. The largest absolute Gasteiger partial charge is 1.00 e. The second kappa shape index (κ2) is 14.7. The van der Waals surface area contributed by atoms with E-state index >= 15 is 0 Å². The van der Waals surface area contributed by atoms with Crippen LogP contribution in [0, 0.1) is 0 Å². The molecule has 28 heavy (non-hydrogen) atoms. The Morgan fingerprint density at radius 1 is 0.714 bits per heavy atom. The van der Waals surface area contributed by atoms with Crippen molar-refractivity contribution >= 4 is 11.9 Å². The maximum Gasteiger partial charge on any atom is 1.00 e. The molecule has 0 amide bonds. The average molecular weight is 422 g/mol. The van der Waals surface area contributed by atoms with Crippen molar-refractivity contribution in [1.82, 2.24) is 10.6 Å². The third-order valence-electron chi connectivity index (χ3n) is 4.33. The van der Waals surface area contributed by atoms with Crippen LogP contribution in [0.3, 0.4) is 0 Å². The smallest absolute Gasteiger partial charge is 0.548 e. The number of hydrogen-bond donors (Lipinski definition) is 4. The summed E-state index contributed by atoms with van der Waals surface area (Å²) in [7, 11) is 0. The van der Waals surface area contributed by atoms with Gasteiger partial charge in [0.15, 0.2) is 0 Å². The van der Waals surface area contributed by atoms with E-state index in [0.29, 0.717) is 12.8 Å². The topological polar surface area (TPSA) is 145 Å². The van der Waals surface area contributed by atoms with Crippen molar-refractivity contribution in [2.75, 3.05) is 13.2 Å². The molecule has 0 spiro atoms. The van der Waals surface area contributed by atoms with Gasteiger partial charge in [-0.3, -0.25) is 10.6 Å². The molecule has 0 aliphatic heterocycles. The Hall–Kier alpha value is 0.780. The van der Waals surface area contributed by atoms with Gasteiger partial charge in [0, 0.05) is 11.1 Å². The normalized spacial score (nSPS) is 15.5. The van der Waals surface area contributed by atoms with E-state index in [1.165, 1.54) is 0 Å². The molecule has 0 aromatic heterocycles. The first-order valence-electron chi connectivity index (χ1n) is 8.78. The molecule has 0 aromatic rings. The van der Waals surface area contributed by atoms with E-state index in [1.807, 2.05) is 0 Å². The molecule has 2 atom stereocenters. The molecule has 0 radical (unpaired) electrons. The standard InChI is InChI=1S/2C9H19NO3.2Na/c2*1-5-9(4,7(12)13)10-8(2,3)6-11;;/h2*10-11H,5-6H2,1-4H3,(H,12,13);;/q;;2*+1/p-2. The van der Waals surface area contributed by atoms with Crippen LogP contribution in [-0.2, 0) is 9.59 Å². The Balaban J connectivity index is -0.000000192. The molecule has 2 unspecified atom stereocenters. The van der Waals surface area contributed by atoms with Gasteiger partial charge in [-0.1, -0.05) is 13.8 Å². The summed E-state index contributed by atoms with van der Waals surface area (Å²) in [6.07, 6.45) is 0.831. The van der Waals surface area contributed by atoms with Gasteiger partial charge >= 0.3 is 59.1 Å². The molecule has 0 fully saturated rings. The quantitative estimate of drug-likeness (QED) is 0.254. The SMILES string of the molecule is CCC(C)(NC(C)(C)CO)C(=O)[O-].CCC(C)(NC(C)(C)CO)C(=O)[O-].[Na+].[Na+]. The van der Waals surface area contributed by atoms with Crippen molar-refractivity contribution in [2.45, 2.75) is 90.4 Å². The number of hydrogen-bond acceptors (Lipinski definition) is 8. The van der Waals surface area contributed by atoms with Gasteiger partial charge in [-0.15, -0.1) is 0 Å². The summed E-state index contributed by atoms with van der Waals surface area (Å²) in [6.45, 7) is 13.4. The van der Waals surface area contributed by atoms with Crippen LogP contribution in [0.5, 0.6) is 0 Å². The molecule has 0 rings (SSSR count). The van der Waals surface area contributed by atoms with Crippen molar-refractivity contribution in [3.63, 3.8) is 0 Å². The van der Waals surface area contributed by atoms with Crippen LogP contribution in [-0.4, -0.2) is 57.5 Å². The van der Waals surface area contributed by atoms with Gasteiger partial charge in [0.05, 0.1) is 36.2 Å². The maximum absolute atomic E-state index is 10.8. The van der Waals surface area contributed by atoms with E-state index < -0.39 is 34.1 Å². The van der Waals surface area contributed by atoms with Crippen LogP contribution in [0.1, 0.15) is 68.2 Å². The minimum atomic E-state index is -1.14. The van der Waals surface area contributed by atoms with Crippen molar-refractivity contribution < 1.29 is 89.1 Å². The zero-order chi connectivity index (χ0) is 21.4. The predicted octanol–water partition coefficient (Wildman–Crippen LogP) is -7.46. The van der Waals surface area contributed by atoms with Gasteiger partial charge in [0.1, 0.15) is 0 Å². The third kappa shape index (κ3) is 13.2. The first-order chi connectivity index (χ1) is 11.5. The first-order valence-corrected chi connectivity index (χ1v) is 8.78. The fourth-order valence-electron chi connectivity index (χ4n) is 2.14. The number of carboxylic acids is 2. The van der Waals surface area contributed by atoms with E-state index in [9.17, 15) is 19.8 Å². The summed E-state index contributed by atoms with van der Waals surface area (Å²) >= 11 is 0. The van der Waals surface area contributed by atoms with Gasteiger partial charge in [0.25, 0.3) is 0 Å². The number of carbonyl (C=O) groups excluding carboxylic acids is 2. The van der Waals surface area contributed by atoms with E-state index in [0.717, 1.165) is 0 Å². The van der Waals surface area contributed by atoms with Gasteiger partial charge in [-0.2, -0.15) is 0 Å². The third-order valence-corrected chi connectivity index (χ3v) is 4.33. The molecule has 8 nitrogen and oxygen atoms in total. The Kier molecular flexibility index (Phi) is 19.0. The fraction of sp³-hybridized carbons (Fsp3) is 0.889. The van der Waals surface area contributed by atoms with Crippen molar-refractivity contribution in [1.29, 1.82) is 0 Å². The Morgan fingerprint density at radius 2 is 0.929 bits per heavy atom. The summed E-state index contributed by atoms with van der Waals surface area (Å²) in [5.74, 6) is -2.28. The Morgan fingerprint density at radius 3 is 1.04 bits per heavy atom. The van der Waals surface area contributed by atoms with Crippen molar-refractivity contribution in [3.8, 4) is 0 Å². The zero-order valence-corrected chi connectivity index (χ0v) is 23.4. The van der Waals surface area contributed by atoms with Gasteiger partial charge in [0.2, 0.25) is 0 Å². The second-order valence-corrected chi connectivity index (χ2v) is 8.28. The van der Waals surface area contributed by atoms with Crippen LogP contribution in [0.25, 0.3) is 0 Å². The molecule has 0 saturated carbocycles. The molecule has 0 saturated heterocycles. The van der Waals surface area contributed by atoms with Crippen molar-refractivity contribution in [3.05, 3.63) is 0 Å². The van der Waals surface area contributed by atoms with Gasteiger partial charge in [-0.25, -0.2) is 0 Å². The molecule has 156 valence electrons. The zero-order valence-electron chi connectivity index (χ0n) is 19.4. The number of aliphatic hydroxyl groups is 2. The van der Waals surface area contributed by atoms with Crippen LogP contribution in [0.4, 0.5) is 0 Å². The molecular weight excluding hydrogens is 386 g/mol. The molecule has 0 aliphatic rings. The fourth-order valence-corrected chi connectivity index (χ4v) is 2.14. The van der Waals surface area contributed by atoms with Crippen LogP contribution < -0.4 is 80.0 Å². The minimum absolute atomic E-state index is 0. The molecule has 4 N–H and O–H groups in total. The number of aliphatic hydroxyl groups excluding tert-OH is 2. The first kappa shape index (κ1) is 36.2. The molecule has 0 aliphatic carbocycles. The Labute approximate surface area is 213 Å². The number of aliphatic carboxylic acids is 2. The number of carboxylic acid groups (broad SMARTS) is 2. The Bertz CT molecular complexity index is 435. The van der Waals surface area contributed by atoms with Crippen LogP contribution in [0.15, 0.2) is 0 Å². The summed E-state index contributed by atoms with van der Waals surface area (Å²) < 4.78 is 0. The van der Waals surface area contributed by atoms with Gasteiger partial charge in [-0.05, 0) is 54.4 Å². The van der Waals surface area contributed by atoms with Gasteiger partial charge < -0.3 is 30.0 Å². The number of carbonyl (C=O) groups is 2. The summed E-state index contributed by atoms with van der Waals surface area (Å²) in [6, 6.07) is 0. The van der Waals surface area contributed by atoms with E-state index in [1.54, 1.807) is 55.4 Å². The predicted molar refractivity (Wildman–Crippen MR) is 96.0 cm³/mol. The van der Waals surface area contributed by atoms with Crippen LogP contribution >= 0.6 is 0 Å². The van der Waals surface area contributed by atoms with E-state index in [2.05, 4.69) is 10.6 Å². The maximum atomic E-state index is 10.8. The summed E-state index contributed by atoms with van der Waals surface area (Å²) in [5.41, 5.74) is -3.37. The summed E-state index contributed by atoms with van der Waals surface area (Å²) in [5, 5.41) is 45.2. The average Bonchev–Trinajstić information content (AvgIpc) is 2.54. The molecule has 10 heteroatoms. The number of rotatable bonds is 10. The van der Waals surface area contributed by atoms with Crippen LogP contribution in [0.2, 0.25) is 0 Å².